The highest BCUT2D eigenvalue weighted by molar-refractivity contribution is 9.09. The van der Waals surface area contributed by atoms with E-state index < -0.39 is 0 Å². The highest BCUT2D eigenvalue weighted by atomic mass is 79.9. The van der Waals surface area contributed by atoms with E-state index in [1.54, 1.807) is 14.2 Å². The van der Waals surface area contributed by atoms with Gasteiger partial charge in [-0.25, -0.2) is 0 Å². The van der Waals surface area contributed by atoms with Crippen molar-refractivity contribution in [2.75, 3.05) is 26.2 Å². The van der Waals surface area contributed by atoms with E-state index in [2.05, 4.69) is 15.9 Å². The number of methoxy groups -OCH3 is 2. The lowest BCUT2D eigenvalue weighted by Crippen LogP contribution is -2.32. The monoisotopic (exact) mass is 342 g/mol. The minimum atomic E-state index is 0.272. The minimum absolute atomic E-state index is 0.272. The van der Waals surface area contributed by atoms with Gasteiger partial charge < -0.3 is 14.2 Å². The number of hydrogen-bond acceptors (Lipinski definition) is 3. The van der Waals surface area contributed by atoms with Crippen LogP contribution in [0.1, 0.15) is 32.1 Å². The number of rotatable bonds is 6. The number of alkyl halides is 1. The van der Waals surface area contributed by atoms with Gasteiger partial charge in [-0.15, -0.1) is 0 Å². The molecule has 1 aromatic rings. The van der Waals surface area contributed by atoms with Crippen LogP contribution in [0.3, 0.4) is 0 Å². The average Bonchev–Trinajstić information content (AvgIpc) is 2.53. The lowest BCUT2D eigenvalue weighted by atomic mass is 9.76. The first-order valence-electron chi connectivity index (χ1n) is 7.13. The van der Waals surface area contributed by atoms with Crippen molar-refractivity contribution in [2.45, 2.75) is 32.1 Å². The Morgan fingerprint density at radius 1 is 0.950 bits per heavy atom. The molecule has 0 spiro atoms. The van der Waals surface area contributed by atoms with Crippen molar-refractivity contribution in [3.63, 3.8) is 0 Å². The molecule has 0 heterocycles. The number of benzene rings is 1. The smallest absolute Gasteiger partial charge is 0.126 e. The average molecular weight is 343 g/mol. The third-order valence-electron chi connectivity index (χ3n) is 4.07. The Morgan fingerprint density at radius 3 is 2.00 bits per heavy atom. The van der Waals surface area contributed by atoms with Crippen LogP contribution < -0.4 is 14.2 Å². The Kier molecular flexibility index (Phi) is 5.58. The van der Waals surface area contributed by atoms with E-state index in [1.165, 1.54) is 32.1 Å². The zero-order valence-electron chi connectivity index (χ0n) is 12.3. The molecule has 0 atom stereocenters. The Morgan fingerprint density at radius 2 is 1.50 bits per heavy atom. The molecule has 0 aliphatic heterocycles. The molecule has 112 valence electrons. The summed E-state index contributed by atoms with van der Waals surface area (Å²) in [4.78, 5) is 0. The molecule has 0 aromatic heterocycles. The third kappa shape index (κ3) is 3.81. The fourth-order valence-corrected chi connectivity index (χ4v) is 3.44. The van der Waals surface area contributed by atoms with Crippen LogP contribution in [0.2, 0.25) is 0 Å². The van der Waals surface area contributed by atoms with E-state index in [9.17, 15) is 0 Å². The summed E-state index contributed by atoms with van der Waals surface area (Å²) in [6.07, 6.45) is 6.42. The van der Waals surface area contributed by atoms with Crippen LogP contribution in [-0.4, -0.2) is 26.2 Å². The molecule has 4 heteroatoms. The molecule has 3 nitrogen and oxygen atoms in total. The molecule has 1 fully saturated rings. The predicted octanol–water partition coefficient (Wildman–Crippen LogP) is 4.43. The van der Waals surface area contributed by atoms with E-state index >= 15 is 0 Å². The van der Waals surface area contributed by atoms with Crippen molar-refractivity contribution in [3.8, 4) is 17.2 Å². The molecule has 0 saturated heterocycles. The molecule has 0 radical (unpaired) electrons. The van der Waals surface area contributed by atoms with Crippen molar-refractivity contribution in [1.29, 1.82) is 0 Å². The molecule has 0 N–H and O–H groups in total. The van der Waals surface area contributed by atoms with E-state index in [0.717, 1.165) is 29.2 Å². The predicted molar refractivity (Wildman–Crippen MR) is 84.4 cm³/mol. The molecule has 0 amide bonds. The second-order valence-corrected chi connectivity index (χ2v) is 6.09. The number of halogens is 1. The second kappa shape index (κ2) is 7.21. The van der Waals surface area contributed by atoms with Crippen molar-refractivity contribution in [3.05, 3.63) is 18.2 Å². The molecule has 1 aromatic carbocycles. The fourth-order valence-electron chi connectivity index (χ4n) is 2.72. The van der Waals surface area contributed by atoms with Crippen LogP contribution in [0.4, 0.5) is 0 Å². The topological polar surface area (TPSA) is 27.7 Å². The molecular formula is C16H23BrO3. The Hall–Kier alpha value is -0.900. The zero-order valence-corrected chi connectivity index (χ0v) is 13.9. The molecule has 2 rings (SSSR count). The summed E-state index contributed by atoms with van der Waals surface area (Å²) < 4.78 is 16.6. The molecule has 0 unspecified atom stereocenters. The Bertz CT molecular complexity index is 405. The van der Waals surface area contributed by atoms with Crippen molar-refractivity contribution < 1.29 is 14.2 Å². The Labute approximate surface area is 129 Å². The lowest BCUT2D eigenvalue weighted by molar-refractivity contribution is 0.121. The summed E-state index contributed by atoms with van der Waals surface area (Å²) in [5.74, 6) is 2.33. The maximum Gasteiger partial charge on any atom is 0.126 e. The summed E-state index contributed by atoms with van der Waals surface area (Å²) >= 11 is 3.67. The molecule has 1 aliphatic rings. The molecule has 0 bridgehead atoms. The van der Waals surface area contributed by atoms with Crippen molar-refractivity contribution in [1.82, 2.24) is 0 Å². The van der Waals surface area contributed by atoms with E-state index in [-0.39, 0.29) is 5.41 Å². The molecule has 1 aliphatic carbocycles. The second-order valence-electron chi connectivity index (χ2n) is 5.53. The Balaban J connectivity index is 2.05. The zero-order chi connectivity index (χ0) is 14.4. The van der Waals surface area contributed by atoms with Crippen LogP contribution >= 0.6 is 15.9 Å². The van der Waals surface area contributed by atoms with Crippen LogP contribution in [0, 0.1) is 5.41 Å². The standard InChI is InChI=1S/C16H23BrO3/c1-18-13-8-14(19-2)10-15(9-13)20-12-16(11-17)6-4-3-5-7-16/h8-10H,3-7,11-12H2,1-2H3. The summed E-state index contributed by atoms with van der Waals surface area (Å²) in [5.41, 5.74) is 0.272. The van der Waals surface area contributed by atoms with Gasteiger partial charge in [0.15, 0.2) is 0 Å². The van der Waals surface area contributed by atoms with Crippen LogP contribution in [0.5, 0.6) is 17.2 Å². The quantitative estimate of drug-likeness (QED) is 0.716. The first-order chi connectivity index (χ1) is 9.71. The first-order valence-corrected chi connectivity index (χ1v) is 8.25. The van der Waals surface area contributed by atoms with Gasteiger partial charge in [0.2, 0.25) is 0 Å². The normalized spacial score (nSPS) is 17.6. The fraction of sp³-hybridized carbons (Fsp3) is 0.625. The van der Waals surface area contributed by atoms with Gasteiger partial charge in [-0.2, -0.15) is 0 Å². The summed E-state index contributed by atoms with van der Waals surface area (Å²) in [5, 5.41) is 1.00. The number of hydrogen-bond donors (Lipinski definition) is 0. The van der Waals surface area contributed by atoms with E-state index in [4.69, 9.17) is 14.2 Å². The lowest BCUT2D eigenvalue weighted by Gasteiger charge is -2.35. The highest BCUT2D eigenvalue weighted by Crippen LogP contribution is 2.39. The SMILES string of the molecule is COc1cc(OC)cc(OCC2(CBr)CCCCC2)c1. The van der Waals surface area contributed by atoms with Gasteiger partial charge >= 0.3 is 0 Å². The van der Waals surface area contributed by atoms with Crippen molar-refractivity contribution >= 4 is 15.9 Å². The third-order valence-corrected chi connectivity index (χ3v) is 5.26. The summed E-state index contributed by atoms with van der Waals surface area (Å²) in [6, 6.07) is 5.67. The summed E-state index contributed by atoms with van der Waals surface area (Å²) in [7, 11) is 3.30. The van der Waals surface area contributed by atoms with Gasteiger partial charge in [-0.3, -0.25) is 0 Å². The van der Waals surface area contributed by atoms with E-state index in [0.29, 0.717) is 0 Å². The van der Waals surface area contributed by atoms with Crippen molar-refractivity contribution in [2.24, 2.45) is 5.41 Å². The largest absolute Gasteiger partial charge is 0.496 e. The van der Waals surface area contributed by atoms with Gasteiger partial charge in [0.05, 0.1) is 20.8 Å². The van der Waals surface area contributed by atoms with Gasteiger partial charge in [-0.1, -0.05) is 35.2 Å². The van der Waals surface area contributed by atoms with Gasteiger partial charge in [0.1, 0.15) is 17.2 Å². The molecule has 20 heavy (non-hydrogen) atoms. The summed E-state index contributed by atoms with van der Waals surface area (Å²) in [6.45, 7) is 0.745. The van der Waals surface area contributed by atoms with Gasteiger partial charge in [-0.05, 0) is 12.8 Å². The first kappa shape index (κ1) is 15.5. The highest BCUT2D eigenvalue weighted by Gasteiger charge is 2.31. The van der Waals surface area contributed by atoms with E-state index in [1.807, 2.05) is 18.2 Å². The van der Waals surface area contributed by atoms with Gasteiger partial charge in [0.25, 0.3) is 0 Å². The van der Waals surface area contributed by atoms with Crippen LogP contribution in [0.15, 0.2) is 18.2 Å². The molecular weight excluding hydrogens is 320 g/mol. The maximum absolute atomic E-state index is 6.03. The van der Waals surface area contributed by atoms with Gasteiger partial charge in [0, 0.05) is 28.9 Å². The maximum atomic E-state index is 6.03. The molecule has 1 saturated carbocycles. The number of ether oxygens (including phenoxy) is 3. The van der Waals surface area contributed by atoms with Crippen LogP contribution in [0.25, 0.3) is 0 Å². The van der Waals surface area contributed by atoms with Crippen LogP contribution in [-0.2, 0) is 0 Å². The minimum Gasteiger partial charge on any atom is -0.496 e.